The van der Waals surface area contributed by atoms with Crippen LogP contribution in [0.1, 0.15) is 37.5 Å². The average Bonchev–Trinajstić information content (AvgIpc) is 3.19. The zero-order valence-corrected chi connectivity index (χ0v) is 11.5. The molecule has 2 heterocycles. The standard InChI is InChI=1S/C13H21N5O2/c14-11(19)10-2-1-6-18(8-10)7-5-15-13-17-16-12(20-13)9-3-4-9/h9-10H,1-8H2,(H2,14,19)(H,15,17)/t10-/m1/s1. The molecule has 0 bridgehead atoms. The van der Waals surface area contributed by atoms with Crippen LogP contribution in [-0.2, 0) is 4.79 Å². The van der Waals surface area contributed by atoms with Crippen molar-refractivity contribution in [2.75, 3.05) is 31.5 Å². The Labute approximate surface area is 117 Å². The molecule has 1 aromatic rings. The van der Waals surface area contributed by atoms with Crippen molar-refractivity contribution in [1.29, 1.82) is 0 Å². The van der Waals surface area contributed by atoms with Gasteiger partial charge in [-0.05, 0) is 32.2 Å². The first-order valence-corrected chi connectivity index (χ1v) is 7.31. The maximum atomic E-state index is 11.2. The highest BCUT2D eigenvalue weighted by atomic mass is 16.4. The number of carbonyl (C=O) groups is 1. The zero-order valence-electron chi connectivity index (χ0n) is 11.5. The summed E-state index contributed by atoms with van der Waals surface area (Å²) in [4.78, 5) is 13.5. The van der Waals surface area contributed by atoms with Gasteiger partial charge >= 0.3 is 6.01 Å². The molecule has 3 N–H and O–H groups in total. The highest BCUT2D eigenvalue weighted by molar-refractivity contribution is 5.76. The maximum absolute atomic E-state index is 11.2. The van der Waals surface area contributed by atoms with Crippen LogP contribution in [0.25, 0.3) is 0 Å². The minimum absolute atomic E-state index is 0.00590. The van der Waals surface area contributed by atoms with Crippen LogP contribution in [0.5, 0.6) is 0 Å². The highest BCUT2D eigenvalue weighted by Crippen LogP contribution is 2.39. The second-order valence-electron chi connectivity index (χ2n) is 5.69. The molecule has 0 aromatic carbocycles. The van der Waals surface area contributed by atoms with E-state index in [9.17, 15) is 4.79 Å². The van der Waals surface area contributed by atoms with E-state index in [4.69, 9.17) is 10.2 Å². The highest BCUT2D eigenvalue weighted by Gasteiger charge is 2.29. The van der Waals surface area contributed by atoms with Crippen LogP contribution in [0.4, 0.5) is 6.01 Å². The number of amides is 1. The van der Waals surface area contributed by atoms with Crippen molar-refractivity contribution in [2.45, 2.75) is 31.6 Å². The van der Waals surface area contributed by atoms with Crippen LogP contribution in [0.3, 0.4) is 0 Å². The van der Waals surface area contributed by atoms with Crippen LogP contribution in [0, 0.1) is 5.92 Å². The molecule has 1 aliphatic heterocycles. The van der Waals surface area contributed by atoms with E-state index in [2.05, 4.69) is 20.4 Å². The summed E-state index contributed by atoms with van der Waals surface area (Å²) in [6.07, 6.45) is 4.25. The van der Waals surface area contributed by atoms with Gasteiger partial charge in [0.25, 0.3) is 0 Å². The van der Waals surface area contributed by atoms with E-state index in [1.807, 2.05) is 0 Å². The molecule has 7 nitrogen and oxygen atoms in total. The molecule has 0 radical (unpaired) electrons. The molecule has 1 aromatic heterocycles. The molecule has 2 aliphatic rings. The Hall–Kier alpha value is -1.63. The third kappa shape index (κ3) is 3.27. The van der Waals surface area contributed by atoms with Gasteiger partial charge in [-0.1, -0.05) is 5.10 Å². The van der Waals surface area contributed by atoms with Gasteiger partial charge in [0.05, 0.1) is 5.92 Å². The molecule has 3 rings (SSSR count). The number of hydrogen-bond donors (Lipinski definition) is 2. The fourth-order valence-corrected chi connectivity index (χ4v) is 2.61. The molecule has 1 saturated heterocycles. The predicted molar refractivity (Wildman–Crippen MR) is 73.1 cm³/mol. The molecule has 7 heteroatoms. The van der Waals surface area contributed by atoms with E-state index in [0.717, 1.165) is 57.8 Å². The summed E-state index contributed by atoms with van der Waals surface area (Å²) in [6.45, 7) is 3.36. The SMILES string of the molecule is NC(=O)[C@@H]1CCCN(CCNc2nnc(C3CC3)o2)C1. The van der Waals surface area contributed by atoms with Crippen molar-refractivity contribution in [3.63, 3.8) is 0 Å². The van der Waals surface area contributed by atoms with E-state index in [-0.39, 0.29) is 11.8 Å². The zero-order chi connectivity index (χ0) is 13.9. The lowest BCUT2D eigenvalue weighted by atomic mass is 9.97. The van der Waals surface area contributed by atoms with Gasteiger partial charge in [-0.15, -0.1) is 5.10 Å². The molecular formula is C13H21N5O2. The number of primary amides is 1. The molecule has 1 amide bonds. The van der Waals surface area contributed by atoms with Crippen molar-refractivity contribution in [2.24, 2.45) is 11.7 Å². The Morgan fingerprint density at radius 3 is 3.00 bits per heavy atom. The number of rotatable bonds is 6. The Morgan fingerprint density at radius 1 is 1.40 bits per heavy atom. The van der Waals surface area contributed by atoms with Gasteiger partial charge in [-0.25, -0.2) is 0 Å². The van der Waals surface area contributed by atoms with E-state index in [1.165, 1.54) is 0 Å². The summed E-state index contributed by atoms with van der Waals surface area (Å²) in [5, 5.41) is 11.1. The maximum Gasteiger partial charge on any atom is 0.315 e. The van der Waals surface area contributed by atoms with E-state index >= 15 is 0 Å². The van der Waals surface area contributed by atoms with Gasteiger partial charge in [0, 0.05) is 25.6 Å². The average molecular weight is 279 g/mol. The lowest BCUT2D eigenvalue weighted by Gasteiger charge is -2.30. The third-order valence-electron chi connectivity index (χ3n) is 3.98. The fraction of sp³-hybridized carbons (Fsp3) is 0.769. The minimum Gasteiger partial charge on any atom is -0.408 e. The summed E-state index contributed by atoms with van der Waals surface area (Å²) >= 11 is 0. The van der Waals surface area contributed by atoms with Gasteiger partial charge in [-0.2, -0.15) is 0 Å². The second kappa shape index (κ2) is 5.78. The first-order chi connectivity index (χ1) is 9.72. The number of aromatic nitrogens is 2. The molecule has 1 aliphatic carbocycles. The second-order valence-corrected chi connectivity index (χ2v) is 5.69. The van der Waals surface area contributed by atoms with E-state index in [1.54, 1.807) is 0 Å². The molecule has 0 spiro atoms. The number of nitrogens with one attached hydrogen (secondary N) is 1. The third-order valence-corrected chi connectivity index (χ3v) is 3.98. The Kier molecular flexibility index (Phi) is 3.86. The van der Waals surface area contributed by atoms with Gasteiger partial charge in [0.1, 0.15) is 0 Å². The topological polar surface area (TPSA) is 97.3 Å². The van der Waals surface area contributed by atoms with Crippen LogP contribution >= 0.6 is 0 Å². The van der Waals surface area contributed by atoms with Crippen molar-refractivity contribution in [3.05, 3.63) is 5.89 Å². The van der Waals surface area contributed by atoms with Crippen LogP contribution < -0.4 is 11.1 Å². The Balaban J connectivity index is 1.41. The number of carbonyl (C=O) groups excluding carboxylic acids is 1. The monoisotopic (exact) mass is 279 g/mol. The van der Waals surface area contributed by atoms with Crippen molar-refractivity contribution < 1.29 is 9.21 Å². The van der Waals surface area contributed by atoms with Gasteiger partial charge < -0.3 is 20.4 Å². The first kappa shape index (κ1) is 13.4. The van der Waals surface area contributed by atoms with Crippen LogP contribution in [-0.4, -0.2) is 47.2 Å². The van der Waals surface area contributed by atoms with Gasteiger partial charge in [0.2, 0.25) is 11.8 Å². The molecule has 0 unspecified atom stereocenters. The molecule has 1 atom stereocenters. The number of nitrogens with two attached hydrogens (primary N) is 1. The Bertz CT molecular complexity index is 471. The summed E-state index contributed by atoms with van der Waals surface area (Å²) < 4.78 is 5.53. The van der Waals surface area contributed by atoms with Crippen molar-refractivity contribution in [3.8, 4) is 0 Å². The first-order valence-electron chi connectivity index (χ1n) is 7.31. The summed E-state index contributed by atoms with van der Waals surface area (Å²) in [5.41, 5.74) is 5.37. The number of nitrogens with zero attached hydrogens (tertiary/aromatic N) is 3. The molecular weight excluding hydrogens is 258 g/mol. The smallest absolute Gasteiger partial charge is 0.315 e. The van der Waals surface area contributed by atoms with Gasteiger partial charge in [-0.3, -0.25) is 4.79 Å². The quantitative estimate of drug-likeness (QED) is 0.789. The largest absolute Gasteiger partial charge is 0.408 e. The van der Waals surface area contributed by atoms with E-state index < -0.39 is 0 Å². The van der Waals surface area contributed by atoms with E-state index in [0.29, 0.717) is 11.9 Å². The molecule has 110 valence electrons. The summed E-state index contributed by atoms with van der Waals surface area (Å²) in [6, 6.07) is 0.496. The van der Waals surface area contributed by atoms with Crippen LogP contribution in [0.2, 0.25) is 0 Å². The fourth-order valence-electron chi connectivity index (χ4n) is 2.61. The van der Waals surface area contributed by atoms with Crippen molar-refractivity contribution >= 4 is 11.9 Å². The normalized spacial score (nSPS) is 23.7. The number of anilines is 1. The lowest BCUT2D eigenvalue weighted by Crippen LogP contribution is -2.42. The molecule has 2 fully saturated rings. The number of hydrogen-bond acceptors (Lipinski definition) is 6. The summed E-state index contributed by atoms with van der Waals surface area (Å²) in [7, 11) is 0. The van der Waals surface area contributed by atoms with Crippen LogP contribution in [0.15, 0.2) is 4.42 Å². The predicted octanol–water partition coefficient (Wildman–Crippen LogP) is 0.556. The summed E-state index contributed by atoms with van der Waals surface area (Å²) in [5.74, 6) is 1.04. The van der Waals surface area contributed by atoms with Crippen molar-refractivity contribution in [1.82, 2.24) is 15.1 Å². The lowest BCUT2D eigenvalue weighted by molar-refractivity contribution is -0.123. The molecule has 20 heavy (non-hydrogen) atoms. The minimum atomic E-state index is -0.186. The Morgan fingerprint density at radius 2 is 2.25 bits per heavy atom. The van der Waals surface area contributed by atoms with Gasteiger partial charge in [0.15, 0.2) is 0 Å². The molecule has 1 saturated carbocycles. The number of likely N-dealkylation sites (tertiary alicyclic amines) is 1. The number of piperidine rings is 1.